The van der Waals surface area contributed by atoms with Crippen molar-refractivity contribution in [2.75, 3.05) is 12.0 Å². The number of amides is 1. The minimum absolute atomic E-state index is 0.216. The Morgan fingerprint density at radius 2 is 1.95 bits per heavy atom. The summed E-state index contributed by atoms with van der Waals surface area (Å²) in [6.45, 7) is 0.398. The highest BCUT2D eigenvalue weighted by molar-refractivity contribution is 6.04. The van der Waals surface area contributed by atoms with Crippen LogP contribution in [0.25, 0.3) is 0 Å². The van der Waals surface area contributed by atoms with Gasteiger partial charge in [-0.15, -0.1) is 0 Å². The molecule has 0 spiro atoms. The lowest BCUT2D eigenvalue weighted by Crippen LogP contribution is -2.31. The lowest BCUT2D eigenvalue weighted by Gasteiger charge is -2.18. The average molecular weight is 286 g/mol. The highest BCUT2D eigenvalue weighted by Crippen LogP contribution is 2.36. The molecule has 3 rings (SSSR count). The zero-order chi connectivity index (χ0) is 15.0. The molecule has 1 unspecified atom stereocenters. The van der Waals surface area contributed by atoms with Gasteiger partial charge in [0.2, 0.25) is 5.91 Å². The summed E-state index contributed by atoms with van der Waals surface area (Å²) in [6, 6.07) is 10.9. The van der Waals surface area contributed by atoms with Gasteiger partial charge in [-0.05, 0) is 35.9 Å². The van der Waals surface area contributed by atoms with Crippen LogP contribution in [0, 0.1) is 5.82 Å². The Kier molecular flexibility index (Phi) is 3.35. The van der Waals surface area contributed by atoms with Crippen LogP contribution in [0.3, 0.4) is 0 Å². The molecule has 0 saturated heterocycles. The molecule has 4 nitrogen and oxygen atoms in total. The van der Waals surface area contributed by atoms with Crippen molar-refractivity contribution < 1.29 is 13.9 Å². The summed E-state index contributed by atoms with van der Waals surface area (Å²) in [7, 11) is 1.60. The van der Waals surface area contributed by atoms with Crippen molar-refractivity contribution in [2.24, 2.45) is 5.73 Å². The van der Waals surface area contributed by atoms with E-state index in [-0.39, 0.29) is 11.7 Å². The molecule has 1 aliphatic rings. The molecule has 5 heteroatoms. The van der Waals surface area contributed by atoms with Gasteiger partial charge in [0.1, 0.15) is 17.6 Å². The monoisotopic (exact) mass is 286 g/mol. The van der Waals surface area contributed by atoms with Crippen molar-refractivity contribution in [3.8, 4) is 5.75 Å². The maximum Gasteiger partial charge on any atom is 0.248 e. The van der Waals surface area contributed by atoms with Gasteiger partial charge in [-0.2, -0.15) is 0 Å². The largest absolute Gasteiger partial charge is 0.497 e. The smallest absolute Gasteiger partial charge is 0.248 e. The number of carbonyl (C=O) groups is 1. The Bertz CT molecular complexity index is 685. The molecule has 1 amide bonds. The minimum Gasteiger partial charge on any atom is -0.497 e. The van der Waals surface area contributed by atoms with Crippen LogP contribution in [0.4, 0.5) is 10.1 Å². The fourth-order valence-corrected chi connectivity index (χ4v) is 2.52. The van der Waals surface area contributed by atoms with Crippen LogP contribution in [0.2, 0.25) is 0 Å². The molecular weight excluding hydrogens is 271 g/mol. The number of halogens is 1. The molecule has 0 bridgehead atoms. The molecule has 2 aromatic carbocycles. The van der Waals surface area contributed by atoms with Crippen molar-refractivity contribution in [3.05, 3.63) is 59.4 Å². The predicted molar refractivity (Wildman–Crippen MR) is 77.5 cm³/mol. The van der Waals surface area contributed by atoms with Crippen LogP contribution >= 0.6 is 0 Å². The zero-order valence-electron chi connectivity index (χ0n) is 11.5. The Hall–Kier alpha value is -2.40. The first-order chi connectivity index (χ1) is 10.1. The Balaban J connectivity index is 1.90. The molecule has 1 atom stereocenters. The number of methoxy groups -OCH3 is 1. The van der Waals surface area contributed by atoms with Crippen LogP contribution < -0.4 is 15.4 Å². The SMILES string of the molecule is COc1ccc(CN2C(=O)C(N)c3cc(F)ccc32)cc1. The minimum atomic E-state index is -0.797. The number of hydrogen-bond donors (Lipinski definition) is 1. The van der Waals surface area contributed by atoms with Crippen LogP contribution in [0.15, 0.2) is 42.5 Å². The second-order valence-corrected chi connectivity index (χ2v) is 4.95. The maximum absolute atomic E-state index is 13.3. The average Bonchev–Trinajstić information content (AvgIpc) is 2.73. The van der Waals surface area contributed by atoms with Crippen LogP contribution in [-0.4, -0.2) is 13.0 Å². The number of hydrogen-bond acceptors (Lipinski definition) is 3. The molecule has 0 aromatic heterocycles. The number of nitrogens with zero attached hydrogens (tertiary/aromatic N) is 1. The molecular formula is C16H15FN2O2. The predicted octanol–water partition coefficient (Wildman–Crippen LogP) is 2.38. The molecule has 0 aliphatic carbocycles. The quantitative estimate of drug-likeness (QED) is 0.942. The van der Waals surface area contributed by atoms with Gasteiger partial charge in [-0.1, -0.05) is 12.1 Å². The van der Waals surface area contributed by atoms with Gasteiger partial charge < -0.3 is 15.4 Å². The van der Waals surface area contributed by atoms with Gasteiger partial charge in [-0.3, -0.25) is 4.79 Å². The summed E-state index contributed by atoms with van der Waals surface area (Å²) >= 11 is 0. The van der Waals surface area contributed by atoms with E-state index in [1.165, 1.54) is 12.1 Å². The molecule has 2 N–H and O–H groups in total. The first-order valence-corrected chi connectivity index (χ1v) is 6.59. The van der Waals surface area contributed by atoms with Crippen molar-refractivity contribution in [1.82, 2.24) is 0 Å². The second-order valence-electron chi connectivity index (χ2n) is 4.95. The van der Waals surface area contributed by atoms with Crippen molar-refractivity contribution >= 4 is 11.6 Å². The van der Waals surface area contributed by atoms with E-state index in [1.807, 2.05) is 24.3 Å². The van der Waals surface area contributed by atoms with E-state index in [2.05, 4.69) is 0 Å². The number of ether oxygens (including phenoxy) is 1. The number of rotatable bonds is 3. The third kappa shape index (κ3) is 2.36. The molecule has 1 heterocycles. The lowest BCUT2D eigenvalue weighted by atomic mass is 10.1. The molecule has 0 saturated carbocycles. The zero-order valence-corrected chi connectivity index (χ0v) is 11.5. The van der Waals surface area contributed by atoms with Crippen molar-refractivity contribution in [1.29, 1.82) is 0 Å². The van der Waals surface area contributed by atoms with Gasteiger partial charge in [-0.25, -0.2) is 4.39 Å². The second kappa shape index (κ2) is 5.18. The van der Waals surface area contributed by atoms with Gasteiger partial charge in [0, 0.05) is 11.3 Å². The molecule has 2 aromatic rings. The highest BCUT2D eigenvalue weighted by Gasteiger charge is 2.34. The van der Waals surface area contributed by atoms with Crippen LogP contribution in [-0.2, 0) is 11.3 Å². The summed E-state index contributed by atoms with van der Waals surface area (Å²) in [5.41, 5.74) is 8.03. The maximum atomic E-state index is 13.3. The third-order valence-electron chi connectivity index (χ3n) is 3.65. The third-order valence-corrected chi connectivity index (χ3v) is 3.65. The van der Waals surface area contributed by atoms with Crippen molar-refractivity contribution in [3.63, 3.8) is 0 Å². The van der Waals surface area contributed by atoms with E-state index < -0.39 is 6.04 Å². The van der Waals surface area contributed by atoms with Gasteiger partial charge in [0.15, 0.2) is 0 Å². The Morgan fingerprint density at radius 1 is 1.24 bits per heavy atom. The Labute approximate surface area is 121 Å². The fraction of sp³-hybridized carbons (Fsp3) is 0.188. The van der Waals surface area contributed by atoms with E-state index in [9.17, 15) is 9.18 Å². The van der Waals surface area contributed by atoms with E-state index in [0.717, 1.165) is 11.3 Å². The number of anilines is 1. The standard InChI is InChI=1S/C16H15FN2O2/c1-21-12-5-2-10(3-6-12)9-19-14-7-4-11(17)8-13(14)15(18)16(19)20/h2-8,15H,9,18H2,1H3. The summed E-state index contributed by atoms with van der Waals surface area (Å²) in [5, 5.41) is 0. The van der Waals surface area contributed by atoms with E-state index in [4.69, 9.17) is 10.5 Å². The number of carbonyl (C=O) groups excluding carboxylic acids is 1. The van der Waals surface area contributed by atoms with E-state index in [1.54, 1.807) is 18.1 Å². The molecule has 0 fully saturated rings. The molecule has 108 valence electrons. The summed E-state index contributed by atoms with van der Waals surface area (Å²) < 4.78 is 18.4. The number of nitrogens with two attached hydrogens (primary N) is 1. The first kappa shape index (κ1) is 13.6. The fourth-order valence-electron chi connectivity index (χ4n) is 2.52. The van der Waals surface area contributed by atoms with Gasteiger partial charge in [0.05, 0.1) is 13.7 Å². The van der Waals surface area contributed by atoms with Gasteiger partial charge >= 0.3 is 0 Å². The van der Waals surface area contributed by atoms with Crippen LogP contribution in [0.5, 0.6) is 5.75 Å². The number of fused-ring (bicyclic) bond motifs is 1. The lowest BCUT2D eigenvalue weighted by molar-refractivity contribution is -0.119. The molecule has 0 radical (unpaired) electrons. The van der Waals surface area contributed by atoms with Gasteiger partial charge in [0.25, 0.3) is 0 Å². The normalized spacial score (nSPS) is 17.0. The topological polar surface area (TPSA) is 55.6 Å². The molecule has 21 heavy (non-hydrogen) atoms. The first-order valence-electron chi connectivity index (χ1n) is 6.59. The summed E-state index contributed by atoms with van der Waals surface area (Å²) in [5.74, 6) is 0.153. The van der Waals surface area contributed by atoms with E-state index in [0.29, 0.717) is 17.8 Å². The Morgan fingerprint density at radius 3 is 2.62 bits per heavy atom. The summed E-state index contributed by atoms with van der Waals surface area (Å²) in [6.07, 6.45) is 0. The van der Waals surface area contributed by atoms with E-state index >= 15 is 0 Å². The molecule has 1 aliphatic heterocycles. The number of benzene rings is 2. The van der Waals surface area contributed by atoms with Crippen molar-refractivity contribution in [2.45, 2.75) is 12.6 Å². The summed E-state index contributed by atoms with van der Waals surface area (Å²) in [4.78, 5) is 13.8. The highest BCUT2D eigenvalue weighted by atomic mass is 19.1. The van der Waals surface area contributed by atoms with Crippen LogP contribution in [0.1, 0.15) is 17.2 Å².